The van der Waals surface area contributed by atoms with Gasteiger partial charge in [0.25, 0.3) is 0 Å². The fraction of sp³-hybridized carbons (Fsp3) is 0.167. The van der Waals surface area contributed by atoms with Crippen molar-refractivity contribution in [2.75, 3.05) is 0 Å². The molecule has 0 saturated heterocycles. The molecule has 1 aromatic carbocycles. The first-order chi connectivity index (χ1) is 8.06. The van der Waals surface area contributed by atoms with Gasteiger partial charge in [0.15, 0.2) is 0 Å². The van der Waals surface area contributed by atoms with Crippen molar-refractivity contribution in [2.24, 2.45) is 0 Å². The Bertz CT molecular complexity index is 527. The molecule has 0 spiro atoms. The molecule has 0 saturated carbocycles. The second-order valence-electron chi connectivity index (χ2n) is 3.62. The lowest BCUT2D eigenvalue weighted by atomic mass is 10.1. The zero-order valence-corrected chi connectivity index (χ0v) is 12.6. The maximum Gasteiger partial charge on any atom is 0.129 e. The predicted octanol–water partition coefficient (Wildman–Crippen LogP) is 4.69. The normalized spacial score (nSPS) is 12.7. The Morgan fingerprint density at radius 2 is 2.00 bits per heavy atom. The average Bonchev–Trinajstić information content (AvgIpc) is 2.67. The van der Waals surface area contributed by atoms with E-state index in [1.54, 1.807) is 23.5 Å². The van der Waals surface area contributed by atoms with E-state index >= 15 is 0 Å². The SMILES string of the molecule is OC(Cc1cc(Br)cs1)c1cc(Br)ccc1F. The molecule has 1 atom stereocenters. The molecule has 0 fully saturated rings. The molecule has 0 aliphatic heterocycles. The lowest BCUT2D eigenvalue weighted by molar-refractivity contribution is 0.174. The number of aliphatic hydroxyl groups excluding tert-OH is 1. The molecule has 1 unspecified atom stereocenters. The zero-order chi connectivity index (χ0) is 12.4. The van der Waals surface area contributed by atoms with E-state index in [1.165, 1.54) is 6.07 Å². The summed E-state index contributed by atoms with van der Waals surface area (Å²) in [5.41, 5.74) is 0.323. The molecule has 2 aromatic rings. The highest BCUT2D eigenvalue weighted by Gasteiger charge is 2.14. The van der Waals surface area contributed by atoms with Crippen LogP contribution < -0.4 is 0 Å². The van der Waals surface area contributed by atoms with Crippen molar-refractivity contribution in [3.05, 3.63) is 54.8 Å². The highest BCUT2D eigenvalue weighted by molar-refractivity contribution is 9.10. The molecule has 0 amide bonds. The van der Waals surface area contributed by atoms with Crippen LogP contribution >= 0.6 is 43.2 Å². The van der Waals surface area contributed by atoms with Gasteiger partial charge in [0, 0.05) is 31.2 Å². The molecule has 0 aliphatic rings. The van der Waals surface area contributed by atoms with Gasteiger partial charge in [-0.15, -0.1) is 11.3 Å². The smallest absolute Gasteiger partial charge is 0.129 e. The van der Waals surface area contributed by atoms with Gasteiger partial charge in [0.1, 0.15) is 5.82 Å². The van der Waals surface area contributed by atoms with Gasteiger partial charge in [-0.25, -0.2) is 4.39 Å². The zero-order valence-electron chi connectivity index (χ0n) is 8.66. The summed E-state index contributed by atoms with van der Waals surface area (Å²) < 4.78 is 15.3. The minimum Gasteiger partial charge on any atom is -0.388 e. The predicted molar refractivity (Wildman–Crippen MR) is 74.8 cm³/mol. The number of rotatable bonds is 3. The van der Waals surface area contributed by atoms with Crippen LogP contribution in [0.5, 0.6) is 0 Å². The Balaban J connectivity index is 2.19. The minimum absolute atomic E-state index is 0.323. The van der Waals surface area contributed by atoms with Gasteiger partial charge in [-0.2, -0.15) is 0 Å². The number of benzene rings is 1. The van der Waals surface area contributed by atoms with Crippen LogP contribution in [0.25, 0.3) is 0 Å². The van der Waals surface area contributed by atoms with E-state index < -0.39 is 6.10 Å². The molecule has 90 valence electrons. The van der Waals surface area contributed by atoms with E-state index in [1.807, 2.05) is 11.4 Å². The van der Waals surface area contributed by atoms with Crippen molar-refractivity contribution in [2.45, 2.75) is 12.5 Å². The van der Waals surface area contributed by atoms with Gasteiger partial charge < -0.3 is 5.11 Å². The van der Waals surface area contributed by atoms with Gasteiger partial charge in [0.2, 0.25) is 0 Å². The third-order valence-corrected chi connectivity index (χ3v) is 4.55. The van der Waals surface area contributed by atoms with Crippen molar-refractivity contribution < 1.29 is 9.50 Å². The van der Waals surface area contributed by atoms with Crippen LogP contribution in [0.3, 0.4) is 0 Å². The van der Waals surface area contributed by atoms with Crippen molar-refractivity contribution in [3.8, 4) is 0 Å². The Morgan fingerprint density at radius 1 is 1.24 bits per heavy atom. The van der Waals surface area contributed by atoms with Crippen molar-refractivity contribution >= 4 is 43.2 Å². The number of hydrogen-bond acceptors (Lipinski definition) is 2. The third-order valence-electron chi connectivity index (χ3n) is 2.33. The van der Waals surface area contributed by atoms with Gasteiger partial charge >= 0.3 is 0 Å². The quantitative estimate of drug-likeness (QED) is 0.820. The molecule has 0 radical (unpaired) electrons. The summed E-state index contributed by atoms with van der Waals surface area (Å²) in [7, 11) is 0. The largest absolute Gasteiger partial charge is 0.388 e. The first-order valence-electron chi connectivity index (χ1n) is 4.92. The molecule has 0 aliphatic carbocycles. The van der Waals surface area contributed by atoms with Crippen molar-refractivity contribution in [3.63, 3.8) is 0 Å². The van der Waals surface area contributed by atoms with E-state index in [9.17, 15) is 9.50 Å². The topological polar surface area (TPSA) is 20.2 Å². The lowest BCUT2D eigenvalue weighted by Crippen LogP contribution is -2.03. The second kappa shape index (κ2) is 5.61. The number of aliphatic hydroxyl groups is 1. The van der Waals surface area contributed by atoms with Crippen LogP contribution in [0.4, 0.5) is 4.39 Å². The van der Waals surface area contributed by atoms with Crippen molar-refractivity contribution in [1.29, 1.82) is 0 Å². The number of thiophene rings is 1. The second-order valence-corrected chi connectivity index (χ2v) is 6.44. The van der Waals surface area contributed by atoms with Gasteiger partial charge in [0.05, 0.1) is 6.10 Å². The number of hydrogen-bond donors (Lipinski definition) is 1. The van der Waals surface area contributed by atoms with Crippen LogP contribution in [0.1, 0.15) is 16.5 Å². The van der Waals surface area contributed by atoms with E-state index in [0.717, 1.165) is 13.8 Å². The third kappa shape index (κ3) is 3.37. The molecule has 1 heterocycles. The monoisotopic (exact) mass is 378 g/mol. The molecular formula is C12H9Br2FOS. The van der Waals surface area contributed by atoms with Gasteiger partial charge in [-0.1, -0.05) is 15.9 Å². The summed E-state index contributed by atoms with van der Waals surface area (Å²) in [6, 6.07) is 6.52. The van der Waals surface area contributed by atoms with E-state index in [0.29, 0.717) is 12.0 Å². The van der Waals surface area contributed by atoms with Crippen LogP contribution in [0, 0.1) is 5.82 Å². The van der Waals surface area contributed by atoms with E-state index in [4.69, 9.17) is 0 Å². The summed E-state index contributed by atoms with van der Waals surface area (Å²) in [6.45, 7) is 0. The number of halogens is 3. The molecule has 1 N–H and O–H groups in total. The molecule has 1 nitrogen and oxygen atoms in total. The lowest BCUT2D eigenvalue weighted by Gasteiger charge is -2.11. The molecule has 17 heavy (non-hydrogen) atoms. The summed E-state index contributed by atoms with van der Waals surface area (Å²) in [4.78, 5) is 1.02. The molecule has 5 heteroatoms. The molecule has 2 rings (SSSR count). The molecule has 1 aromatic heterocycles. The van der Waals surface area contributed by atoms with E-state index in [-0.39, 0.29) is 5.82 Å². The van der Waals surface area contributed by atoms with Crippen LogP contribution in [-0.4, -0.2) is 5.11 Å². The summed E-state index contributed by atoms with van der Waals surface area (Å²) >= 11 is 8.16. The Morgan fingerprint density at radius 3 is 2.65 bits per heavy atom. The molecular weight excluding hydrogens is 371 g/mol. The van der Waals surface area contributed by atoms with Crippen LogP contribution in [0.15, 0.2) is 38.6 Å². The Labute approximate surface area is 120 Å². The summed E-state index contributed by atoms with van der Waals surface area (Å²) in [6.07, 6.45) is -0.401. The standard InChI is InChI=1S/C12H9Br2FOS/c13-7-1-2-11(15)10(4-7)12(16)5-9-3-8(14)6-17-9/h1-4,6,12,16H,5H2. The first-order valence-corrected chi connectivity index (χ1v) is 7.39. The minimum atomic E-state index is -0.821. The van der Waals surface area contributed by atoms with Crippen LogP contribution in [-0.2, 0) is 6.42 Å². The van der Waals surface area contributed by atoms with Crippen molar-refractivity contribution in [1.82, 2.24) is 0 Å². The maximum absolute atomic E-state index is 13.5. The Hall–Kier alpha value is -0.230. The maximum atomic E-state index is 13.5. The fourth-order valence-corrected chi connectivity index (χ4v) is 3.40. The fourth-order valence-electron chi connectivity index (χ4n) is 1.53. The van der Waals surface area contributed by atoms with Gasteiger partial charge in [-0.05, 0) is 40.2 Å². The van der Waals surface area contributed by atoms with Crippen LogP contribution in [0.2, 0.25) is 0 Å². The Kier molecular flexibility index (Phi) is 4.36. The highest BCUT2D eigenvalue weighted by Crippen LogP contribution is 2.28. The molecule has 0 bridgehead atoms. The first kappa shape index (κ1) is 13.2. The highest BCUT2D eigenvalue weighted by atomic mass is 79.9. The summed E-state index contributed by atoms with van der Waals surface area (Å²) in [5.74, 6) is -0.378. The average molecular weight is 380 g/mol. The van der Waals surface area contributed by atoms with E-state index in [2.05, 4.69) is 31.9 Å². The van der Waals surface area contributed by atoms with Gasteiger partial charge in [-0.3, -0.25) is 0 Å². The summed E-state index contributed by atoms with van der Waals surface area (Å²) in [5, 5.41) is 12.0.